The van der Waals surface area contributed by atoms with Crippen molar-refractivity contribution in [1.29, 1.82) is 0 Å². The van der Waals surface area contributed by atoms with Crippen molar-refractivity contribution in [3.63, 3.8) is 0 Å². The highest BCUT2D eigenvalue weighted by atomic mass is 32.2. The number of rotatable bonds is 23. The molecule has 6 rings (SSSR count). The summed E-state index contributed by atoms with van der Waals surface area (Å²) in [6, 6.07) is 7.13. The molecule has 2 bridgehead atoms. The summed E-state index contributed by atoms with van der Waals surface area (Å²) in [5.41, 5.74) is 12.0. The number of amides is 1. The van der Waals surface area contributed by atoms with E-state index in [0.717, 1.165) is 81.3 Å². The number of fused-ring (bicyclic) bond motifs is 2. The predicted molar refractivity (Wildman–Crippen MR) is 216 cm³/mol. The molecular formula is C41H57N7O7S. The van der Waals surface area contributed by atoms with E-state index in [1.54, 1.807) is 14.2 Å². The molecule has 1 heterocycles. The SMILES string of the molecule is COc1cc(C(C)(C)CCCCCCN=[N+]=[N-])cc(OC)c1[C@H]1C=C(CNC(=O)CCCCCCC[S+]([O-])c2ccc([N+](=O)[O-])c3nonc23)[C@H]2C[C@@H]1C2(C)C. The van der Waals surface area contributed by atoms with Gasteiger partial charge in [-0.1, -0.05) is 76.6 Å². The van der Waals surface area contributed by atoms with E-state index in [-0.39, 0.29) is 39.4 Å². The number of nitrogens with one attached hydrogen (secondary N) is 1. The molecule has 1 unspecified atom stereocenters. The van der Waals surface area contributed by atoms with Crippen LogP contribution in [-0.4, -0.2) is 58.8 Å². The Kier molecular flexibility index (Phi) is 14.7. The number of ether oxygens (including phenoxy) is 2. The third kappa shape index (κ3) is 9.78. The minimum absolute atomic E-state index is 0.00450. The molecule has 3 aliphatic rings. The first-order valence-electron chi connectivity index (χ1n) is 19.9. The second-order valence-corrected chi connectivity index (χ2v) is 18.0. The van der Waals surface area contributed by atoms with Crippen LogP contribution in [0.25, 0.3) is 21.5 Å². The maximum absolute atomic E-state index is 13.0. The van der Waals surface area contributed by atoms with Gasteiger partial charge < -0.3 is 19.3 Å². The van der Waals surface area contributed by atoms with Crippen molar-refractivity contribution >= 4 is 33.8 Å². The highest BCUT2D eigenvalue weighted by Gasteiger charge is 2.56. The number of hydrogen-bond donors (Lipinski definition) is 1. The smallest absolute Gasteiger partial charge is 0.301 e. The van der Waals surface area contributed by atoms with Crippen LogP contribution in [0.15, 0.2) is 50.6 Å². The Balaban J connectivity index is 1.11. The quantitative estimate of drug-likeness (QED) is 0.0142. The molecule has 1 aromatic heterocycles. The number of carbonyl (C=O) groups is 1. The molecule has 0 aliphatic heterocycles. The van der Waals surface area contributed by atoms with Crippen molar-refractivity contribution in [3.05, 3.63) is 67.6 Å². The molecule has 56 heavy (non-hydrogen) atoms. The Labute approximate surface area is 332 Å². The van der Waals surface area contributed by atoms with Crippen LogP contribution >= 0.6 is 0 Å². The molecule has 14 nitrogen and oxygen atoms in total. The molecule has 3 aromatic rings. The third-order valence-electron chi connectivity index (χ3n) is 12.2. The lowest BCUT2D eigenvalue weighted by Gasteiger charge is -2.59. The number of allylic oxidation sites excluding steroid dienone is 1. The molecule has 0 radical (unpaired) electrons. The zero-order valence-electron chi connectivity index (χ0n) is 33.7. The fraction of sp³-hybridized carbons (Fsp3) is 0.634. The minimum atomic E-state index is -1.39. The van der Waals surface area contributed by atoms with E-state index in [1.165, 1.54) is 23.3 Å². The summed E-state index contributed by atoms with van der Waals surface area (Å²) in [7, 11) is 3.47. The fourth-order valence-corrected chi connectivity index (χ4v) is 9.94. The standard InChI is InChI=1S/C41H57N7O7S/c1-40(2,19-13-9-10-14-20-44-47-42)28-23-33(53-5)37(34(24-28)54-6)29-22-27(30-25-31(29)41(30,3)4)26-43-36(49)16-12-8-7-11-15-21-56(52)35-18-17-32(48(50)51)38-39(35)46-55-45-38/h17-18,22-24,29-31H,7-16,19-21,25-26H2,1-6H3,(H,43,49)/t29-,30+,31-,56?/m0/s1. The fourth-order valence-electron chi connectivity index (χ4n) is 8.69. The molecule has 4 atom stereocenters. The molecule has 0 saturated heterocycles. The van der Waals surface area contributed by atoms with Crippen molar-refractivity contribution in [2.75, 3.05) is 33.1 Å². The largest absolute Gasteiger partial charge is 0.611 e. The van der Waals surface area contributed by atoms with Crippen LogP contribution < -0.4 is 14.8 Å². The number of carbonyl (C=O) groups excluding carboxylic acids is 1. The number of aromatic nitrogens is 2. The lowest BCUT2D eigenvalue weighted by molar-refractivity contribution is -0.383. The lowest BCUT2D eigenvalue weighted by atomic mass is 9.45. The maximum atomic E-state index is 13.0. The van der Waals surface area contributed by atoms with Gasteiger partial charge in [-0.3, -0.25) is 14.9 Å². The molecule has 1 amide bonds. The van der Waals surface area contributed by atoms with Crippen molar-refractivity contribution in [3.8, 4) is 11.5 Å². The van der Waals surface area contributed by atoms with Crippen molar-refractivity contribution in [2.24, 2.45) is 22.4 Å². The number of non-ortho nitro benzene ring substituents is 1. The van der Waals surface area contributed by atoms with Gasteiger partial charge in [-0.2, -0.15) is 0 Å². The normalized spacial score (nSPS) is 19.1. The van der Waals surface area contributed by atoms with Gasteiger partial charge >= 0.3 is 5.69 Å². The van der Waals surface area contributed by atoms with E-state index < -0.39 is 16.1 Å². The van der Waals surface area contributed by atoms with Gasteiger partial charge in [0.2, 0.25) is 11.4 Å². The first kappa shape index (κ1) is 42.8. The van der Waals surface area contributed by atoms with Crippen LogP contribution in [0, 0.1) is 27.4 Å². The molecule has 3 aliphatic carbocycles. The van der Waals surface area contributed by atoms with Crippen LogP contribution in [0.1, 0.15) is 122 Å². The monoisotopic (exact) mass is 791 g/mol. The molecule has 0 spiro atoms. The van der Waals surface area contributed by atoms with Crippen LogP contribution in [-0.2, 0) is 21.4 Å². The molecule has 2 aromatic carbocycles. The summed E-state index contributed by atoms with van der Waals surface area (Å²) in [4.78, 5) is 26.9. The average Bonchev–Trinajstić information content (AvgIpc) is 3.68. The van der Waals surface area contributed by atoms with Crippen molar-refractivity contribution in [1.82, 2.24) is 15.6 Å². The van der Waals surface area contributed by atoms with Gasteiger partial charge in [0.1, 0.15) is 17.3 Å². The first-order valence-corrected chi connectivity index (χ1v) is 21.2. The van der Waals surface area contributed by atoms with Crippen molar-refractivity contribution < 1.29 is 28.4 Å². The zero-order valence-corrected chi connectivity index (χ0v) is 34.5. The molecule has 1 fully saturated rings. The van der Waals surface area contributed by atoms with Gasteiger partial charge in [0.05, 0.1) is 19.1 Å². The van der Waals surface area contributed by atoms with E-state index >= 15 is 0 Å². The van der Waals surface area contributed by atoms with Crippen molar-refractivity contribution in [2.45, 2.75) is 121 Å². The van der Waals surface area contributed by atoms with E-state index in [4.69, 9.17) is 15.0 Å². The molecule has 304 valence electrons. The molecule has 1 N–H and O–H groups in total. The number of nitro benzene ring substituents is 1. The topological polar surface area (TPSA) is 201 Å². The van der Waals surface area contributed by atoms with E-state index in [0.29, 0.717) is 48.4 Å². The zero-order chi connectivity index (χ0) is 40.5. The van der Waals surface area contributed by atoms with Gasteiger partial charge in [0.25, 0.3) is 0 Å². The van der Waals surface area contributed by atoms with Gasteiger partial charge in [0.15, 0.2) is 10.4 Å². The van der Waals surface area contributed by atoms with Crippen LogP contribution in [0.5, 0.6) is 11.5 Å². The molecule has 1 saturated carbocycles. The average molecular weight is 792 g/mol. The molecular weight excluding hydrogens is 735 g/mol. The van der Waals surface area contributed by atoms with Crippen LogP contribution in [0.3, 0.4) is 0 Å². The summed E-state index contributed by atoms with van der Waals surface area (Å²) in [6.45, 7) is 10.3. The lowest BCUT2D eigenvalue weighted by Crippen LogP contribution is -2.52. The number of unbranched alkanes of at least 4 members (excludes halogenated alkanes) is 7. The second-order valence-electron chi connectivity index (χ2n) is 16.4. The Morgan fingerprint density at radius 2 is 1.71 bits per heavy atom. The Morgan fingerprint density at radius 1 is 1.05 bits per heavy atom. The van der Waals surface area contributed by atoms with E-state index in [9.17, 15) is 19.5 Å². The summed E-state index contributed by atoms with van der Waals surface area (Å²) >= 11 is -1.39. The highest BCUT2D eigenvalue weighted by Crippen LogP contribution is 2.65. The van der Waals surface area contributed by atoms with E-state index in [1.807, 2.05) is 0 Å². The van der Waals surface area contributed by atoms with Crippen LogP contribution in [0.4, 0.5) is 5.69 Å². The number of nitrogens with zero attached hydrogens (tertiary/aromatic N) is 6. The Morgan fingerprint density at radius 3 is 2.39 bits per heavy atom. The van der Waals surface area contributed by atoms with E-state index in [2.05, 4.69) is 76.2 Å². The van der Waals surface area contributed by atoms with Gasteiger partial charge in [-0.05, 0) is 106 Å². The Hall–Kier alpha value is -4.33. The summed E-state index contributed by atoms with van der Waals surface area (Å²) in [5, 5.41) is 25.4. The summed E-state index contributed by atoms with van der Waals surface area (Å²) in [5.74, 6) is 3.09. The van der Waals surface area contributed by atoms with Gasteiger partial charge in [0, 0.05) is 48.0 Å². The van der Waals surface area contributed by atoms with Gasteiger partial charge in [-0.15, -0.1) is 0 Å². The second kappa shape index (κ2) is 19.2. The number of azide groups is 1. The molecule has 15 heteroatoms. The first-order chi connectivity index (χ1) is 26.8. The third-order valence-corrected chi connectivity index (χ3v) is 13.7. The maximum Gasteiger partial charge on any atom is 0.301 e. The number of benzene rings is 2. The number of nitro groups is 1. The van der Waals surface area contributed by atoms with Gasteiger partial charge in [-0.25, -0.2) is 4.63 Å². The van der Waals surface area contributed by atoms with Crippen LogP contribution in [0.2, 0.25) is 0 Å². The predicted octanol–water partition coefficient (Wildman–Crippen LogP) is 9.64. The summed E-state index contributed by atoms with van der Waals surface area (Å²) < 4.78 is 29.8. The summed E-state index contributed by atoms with van der Waals surface area (Å²) in [6.07, 6.45) is 13.2. The minimum Gasteiger partial charge on any atom is -0.611 e. The number of methoxy groups -OCH3 is 2. The Bertz CT molecular complexity index is 1900. The highest BCUT2D eigenvalue weighted by molar-refractivity contribution is 7.91. The number of hydrogen-bond acceptors (Lipinski definition) is 10.